The predicted octanol–water partition coefficient (Wildman–Crippen LogP) is 0.950. The lowest BCUT2D eigenvalue weighted by Crippen LogP contribution is -2.50. The van der Waals surface area contributed by atoms with Crippen molar-refractivity contribution in [2.75, 3.05) is 0 Å². The highest BCUT2D eigenvalue weighted by Gasteiger charge is 2.55. The summed E-state index contributed by atoms with van der Waals surface area (Å²) in [6.07, 6.45) is -0.377. The first kappa shape index (κ1) is 12.3. The average molecular weight is 254 g/mol. The van der Waals surface area contributed by atoms with Crippen LogP contribution in [0.25, 0.3) is 0 Å². The van der Waals surface area contributed by atoms with E-state index in [-0.39, 0.29) is 18.4 Å². The molecule has 0 aliphatic carbocycles. The van der Waals surface area contributed by atoms with Gasteiger partial charge in [-0.1, -0.05) is 0 Å². The number of benzene rings is 1. The SMILES string of the molecule is O=C(O[N+]1(O)C(=O)CCC1=O)c1ccc(F)cc1. The zero-order valence-corrected chi connectivity index (χ0v) is 9.13. The van der Waals surface area contributed by atoms with Crippen LogP contribution in [0.4, 0.5) is 4.39 Å². The molecule has 0 aromatic heterocycles. The molecule has 1 aromatic carbocycles. The van der Waals surface area contributed by atoms with Crippen LogP contribution in [0.2, 0.25) is 0 Å². The van der Waals surface area contributed by atoms with Crippen LogP contribution in [0, 0.1) is 5.82 Å². The van der Waals surface area contributed by atoms with Crippen molar-refractivity contribution in [3.8, 4) is 0 Å². The molecule has 18 heavy (non-hydrogen) atoms. The summed E-state index contributed by atoms with van der Waals surface area (Å²) in [6, 6.07) is 4.28. The molecule has 0 radical (unpaired) electrons. The van der Waals surface area contributed by atoms with Gasteiger partial charge in [-0.25, -0.2) is 23.6 Å². The van der Waals surface area contributed by atoms with Crippen LogP contribution in [0.1, 0.15) is 23.2 Å². The second-order valence-electron chi connectivity index (χ2n) is 3.75. The lowest BCUT2D eigenvalue weighted by Gasteiger charge is -2.15. The molecule has 1 saturated heterocycles. The van der Waals surface area contributed by atoms with Crippen LogP contribution >= 0.6 is 0 Å². The molecule has 0 unspecified atom stereocenters. The number of hydrogen-bond acceptors (Lipinski definition) is 5. The molecular formula is C11H9FNO5+. The average Bonchev–Trinajstić information content (AvgIpc) is 2.58. The van der Waals surface area contributed by atoms with Gasteiger partial charge in [-0.15, -0.1) is 0 Å². The fraction of sp³-hybridized carbons (Fsp3) is 0.182. The lowest BCUT2D eigenvalue weighted by molar-refractivity contribution is -1.12. The molecule has 1 aliphatic heterocycles. The third kappa shape index (κ3) is 2.01. The normalized spacial score (nSPS) is 17.9. The number of halogens is 1. The highest BCUT2D eigenvalue weighted by Crippen LogP contribution is 2.21. The van der Waals surface area contributed by atoms with Gasteiger partial charge in [0.05, 0.1) is 18.4 Å². The first-order valence-electron chi connectivity index (χ1n) is 5.11. The Bertz CT molecular complexity index is 509. The predicted molar refractivity (Wildman–Crippen MR) is 53.1 cm³/mol. The van der Waals surface area contributed by atoms with Crippen molar-refractivity contribution in [1.29, 1.82) is 0 Å². The first-order chi connectivity index (χ1) is 8.43. The van der Waals surface area contributed by atoms with Crippen LogP contribution in [0.15, 0.2) is 24.3 Å². The van der Waals surface area contributed by atoms with Gasteiger partial charge in [0.2, 0.25) is 0 Å². The molecular weight excluding hydrogens is 245 g/mol. The largest absolute Gasteiger partial charge is 0.403 e. The summed E-state index contributed by atoms with van der Waals surface area (Å²) < 4.78 is 12.6. The van der Waals surface area contributed by atoms with E-state index in [4.69, 9.17) is 0 Å². The monoisotopic (exact) mass is 254 g/mol. The second kappa shape index (κ2) is 4.28. The van der Waals surface area contributed by atoms with Gasteiger partial charge in [0.15, 0.2) is 0 Å². The Balaban J connectivity index is 2.19. The number of quaternary nitrogens is 1. The lowest BCUT2D eigenvalue weighted by atomic mass is 10.2. The van der Waals surface area contributed by atoms with Crippen LogP contribution in [0.3, 0.4) is 0 Å². The zero-order valence-electron chi connectivity index (χ0n) is 9.13. The summed E-state index contributed by atoms with van der Waals surface area (Å²) in [5.74, 6) is -3.44. The molecule has 0 atom stereocenters. The van der Waals surface area contributed by atoms with Crippen LogP contribution in [0.5, 0.6) is 0 Å². The van der Waals surface area contributed by atoms with Crippen molar-refractivity contribution < 1.29 is 33.6 Å². The summed E-state index contributed by atoms with van der Waals surface area (Å²) in [5, 5.41) is 9.64. The van der Waals surface area contributed by atoms with E-state index < -0.39 is 28.4 Å². The molecule has 0 bridgehead atoms. The van der Waals surface area contributed by atoms with Gasteiger partial charge in [0, 0.05) is 0 Å². The molecule has 1 aliphatic rings. The number of hydrogen-bond donors (Lipinski definition) is 1. The molecule has 2 amide bonds. The molecule has 1 aromatic rings. The summed E-state index contributed by atoms with van der Waals surface area (Å²) in [4.78, 5) is 36.7. The number of nitrogens with zero attached hydrogens (tertiary/aromatic N) is 1. The standard InChI is InChI=1S/C11H9FNO5/c12-8-3-1-7(2-4-8)11(16)18-13(17)9(14)5-6-10(13)15/h1-4,17H,5-6H2/q+1. The van der Waals surface area contributed by atoms with Gasteiger partial charge in [-0.05, 0) is 24.3 Å². The Morgan fingerprint density at radius 3 is 2.17 bits per heavy atom. The minimum Gasteiger partial charge on any atom is -0.239 e. The third-order valence-electron chi connectivity index (χ3n) is 2.52. The van der Waals surface area contributed by atoms with Crippen molar-refractivity contribution in [2.24, 2.45) is 0 Å². The Kier molecular flexibility index (Phi) is 2.93. The minimum absolute atomic E-state index is 0.0737. The molecule has 1 N–H and O–H groups in total. The van der Waals surface area contributed by atoms with E-state index in [2.05, 4.69) is 4.84 Å². The summed E-state index contributed by atoms with van der Waals surface area (Å²) in [5.41, 5.74) is -0.0737. The fourth-order valence-corrected chi connectivity index (χ4v) is 1.52. The Hall–Kier alpha value is -2.12. The van der Waals surface area contributed by atoms with Crippen molar-refractivity contribution in [2.45, 2.75) is 12.8 Å². The van der Waals surface area contributed by atoms with Crippen molar-refractivity contribution in [3.63, 3.8) is 0 Å². The van der Waals surface area contributed by atoms with Crippen molar-refractivity contribution in [1.82, 2.24) is 0 Å². The summed E-state index contributed by atoms with van der Waals surface area (Å²) in [7, 11) is 0. The number of imide groups is 1. The summed E-state index contributed by atoms with van der Waals surface area (Å²) >= 11 is 0. The van der Waals surface area contributed by atoms with Crippen molar-refractivity contribution >= 4 is 17.8 Å². The smallest absolute Gasteiger partial charge is 0.239 e. The number of carbonyl (C=O) groups is 3. The molecule has 7 heteroatoms. The highest BCUT2D eigenvalue weighted by atomic mass is 19.1. The third-order valence-corrected chi connectivity index (χ3v) is 2.52. The van der Waals surface area contributed by atoms with Gasteiger partial charge in [-0.3, -0.25) is 0 Å². The van der Waals surface area contributed by atoms with E-state index in [1.807, 2.05) is 0 Å². The van der Waals surface area contributed by atoms with E-state index >= 15 is 0 Å². The Morgan fingerprint density at radius 2 is 1.67 bits per heavy atom. The fourth-order valence-electron chi connectivity index (χ4n) is 1.52. The van der Waals surface area contributed by atoms with E-state index in [1.165, 1.54) is 0 Å². The maximum absolute atomic E-state index is 12.6. The molecule has 94 valence electrons. The number of carbonyl (C=O) groups excluding carboxylic acids is 3. The molecule has 2 rings (SSSR count). The second-order valence-corrected chi connectivity index (χ2v) is 3.75. The molecule has 1 fully saturated rings. The van der Waals surface area contributed by atoms with Crippen LogP contribution in [-0.4, -0.2) is 27.8 Å². The van der Waals surface area contributed by atoms with Crippen LogP contribution in [-0.2, 0) is 14.4 Å². The van der Waals surface area contributed by atoms with Gasteiger partial charge in [0.25, 0.3) is 0 Å². The van der Waals surface area contributed by atoms with Crippen molar-refractivity contribution in [3.05, 3.63) is 35.6 Å². The molecule has 6 nitrogen and oxygen atoms in total. The number of rotatable bonds is 2. The molecule has 0 saturated carbocycles. The minimum atomic E-state index is -1.98. The van der Waals surface area contributed by atoms with Gasteiger partial charge in [0.1, 0.15) is 10.6 Å². The highest BCUT2D eigenvalue weighted by molar-refractivity contribution is 5.93. The van der Waals surface area contributed by atoms with E-state index in [9.17, 15) is 24.0 Å². The Labute approximate surface area is 101 Å². The maximum Gasteiger partial charge on any atom is 0.403 e. The van der Waals surface area contributed by atoms with Gasteiger partial charge >= 0.3 is 17.8 Å². The van der Waals surface area contributed by atoms with E-state index in [0.717, 1.165) is 24.3 Å². The number of amides is 2. The van der Waals surface area contributed by atoms with E-state index in [1.54, 1.807) is 0 Å². The quantitative estimate of drug-likeness (QED) is 0.483. The zero-order chi connectivity index (χ0) is 13.3. The number of hydroxylamine groups is 4. The van der Waals surface area contributed by atoms with E-state index in [0.29, 0.717) is 0 Å². The maximum atomic E-state index is 12.6. The molecule has 1 heterocycles. The summed E-state index contributed by atoms with van der Waals surface area (Å²) in [6.45, 7) is 0. The topological polar surface area (TPSA) is 80.7 Å². The van der Waals surface area contributed by atoms with Crippen LogP contribution < -0.4 is 0 Å². The van der Waals surface area contributed by atoms with Gasteiger partial charge < -0.3 is 0 Å². The Morgan fingerprint density at radius 1 is 1.17 bits per heavy atom. The molecule has 0 spiro atoms. The van der Waals surface area contributed by atoms with Gasteiger partial charge in [-0.2, -0.15) is 5.21 Å². The first-order valence-corrected chi connectivity index (χ1v) is 5.11.